The molecule has 1 aromatic carbocycles. The summed E-state index contributed by atoms with van der Waals surface area (Å²) in [5, 5.41) is 14.0. The van der Waals surface area contributed by atoms with Crippen molar-refractivity contribution in [3.8, 4) is 0 Å². The Morgan fingerprint density at radius 2 is 2.10 bits per heavy atom. The van der Waals surface area contributed by atoms with Crippen LogP contribution in [0.1, 0.15) is 18.4 Å². The topological polar surface area (TPSA) is 95.5 Å². The maximum atomic E-state index is 11.6. The molecule has 0 aliphatic rings. The Morgan fingerprint density at radius 1 is 1.33 bits per heavy atom. The van der Waals surface area contributed by atoms with E-state index in [4.69, 9.17) is 5.11 Å². The average molecular weight is 312 g/mol. The molecule has 6 nitrogen and oxygen atoms in total. The van der Waals surface area contributed by atoms with Crippen molar-refractivity contribution in [1.29, 1.82) is 0 Å². The van der Waals surface area contributed by atoms with Gasteiger partial charge in [0.15, 0.2) is 0 Å². The summed E-state index contributed by atoms with van der Waals surface area (Å²) in [5.74, 6) is -0.287. The van der Waals surface area contributed by atoms with E-state index >= 15 is 0 Å². The first-order chi connectivity index (χ1) is 9.97. The fourth-order valence-corrected chi connectivity index (χ4v) is 2.26. The highest BCUT2D eigenvalue weighted by atomic mass is 32.2. The summed E-state index contributed by atoms with van der Waals surface area (Å²) in [5.41, 5.74) is 1.48. The van der Waals surface area contributed by atoms with Crippen LogP contribution >= 0.6 is 0 Å². The summed E-state index contributed by atoms with van der Waals surface area (Å²) >= 11 is 0. The Morgan fingerprint density at radius 3 is 2.76 bits per heavy atom. The molecule has 1 aromatic rings. The van der Waals surface area contributed by atoms with Gasteiger partial charge in [-0.2, -0.15) is 0 Å². The number of urea groups is 1. The predicted octanol–water partition coefficient (Wildman–Crippen LogP) is 1.59. The van der Waals surface area contributed by atoms with Gasteiger partial charge in [0.2, 0.25) is 0 Å². The summed E-state index contributed by atoms with van der Waals surface area (Å²) in [6.07, 6.45) is 2.77. The van der Waals surface area contributed by atoms with Crippen LogP contribution in [0.5, 0.6) is 0 Å². The second kappa shape index (κ2) is 9.12. The van der Waals surface area contributed by atoms with E-state index in [1.54, 1.807) is 24.5 Å². The Balaban J connectivity index is 2.39. The fourth-order valence-electron chi connectivity index (χ4n) is 1.71. The Kier molecular flexibility index (Phi) is 7.45. The van der Waals surface area contributed by atoms with Crippen molar-refractivity contribution < 1.29 is 18.9 Å². The molecule has 0 aromatic heterocycles. The van der Waals surface area contributed by atoms with E-state index in [0.29, 0.717) is 30.8 Å². The third-order valence-electron chi connectivity index (χ3n) is 2.71. The van der Waals surface area contributed by atoms with E-state index in [-0.39, 0.29) is 12.5 Å². The number of nitrogens with one attached hydrogen (secondary N) is 2. The first-order valence-electron chi connectivity index (χ1n) is 6.63. The van der Waals surface area contributed by atoms with E-state index in [9.17, 15) is 13.8 Å². The van der Waals surface area contributed by atoms with Gasteiger partial charge in [-0.3, -0.25) is 9.00 Å². The highest BCUT2D eigenvalue weighted by molar-refractivity contribution is 7.84. The molecular weight excluding hydrogens is 292 g/mol. The normalized spacial score (nSPS) is 11.7. The van der Waals surface area contributed by atoms with Crippen molar-refractivity contribution in [3.05, 3.63) is 29.8 Å². The van der Waals surface area contributed by atoms with Crippen LogP contribution in [0.15, 0.2) is 24.3 Å². The summed E-state index contributed by atoms with van der Waals surface area (Å²) in [6, 6.07) is 6.76. The standard InChI is InChI=1S/C14H20N2O4S/c1-21(20)9-3-8-15-14(19)16-12-5-2-4-11(10-12)6-7-13(17)18/h2,4-5,10H,3,6-9H2,1H3,(H,17,18)(H2,15,16,19). The molecule has 0 fully saturated rings. The molecule has 1 rings (SSSR count). The van der Waals surface area contributed by atoms with Gasteiger partial charge in [-0.25, -0.2) is 4.79 Å². The number of hydrogen-bond acceptors (Lipinski definition) is 3. The second-order valence-electron chi connectivity index (χ2n) is 4.61. The lowest BCUT2D eigenvalue weighted by molar-refractivity contribution is -0.136. The first kappa shape index (κ1) is 17.2. The van der Waals surface area contributed by atoms with Crippen molar-refractivity contribution in [3.63, 3.8) is 0 Å². The van der Waals surface area contributed by atoms with E-state index in [2.05, 4.69) is 10.6 Å². The molecule has 1 unspecified atom stereocenters. The summed E-state index contributed by atoms with van der Waals surface area (Å²) in [7, 11) is -0.847. The monoisotopic (exact) mass is 312 g/mol. The van der Waals surface area contributed by atoms with E-state index in [1.165, 1.54) is 0 Å². The molecule has 0 aliphatic carbocycles. The highest BCUT2D eigenvalue weighted by Gasteiger charge is 2.04. The van der Waals surface area contributed by atoms with Crippen molar-refractivity contribution in [2.75, 3.05) is 23.9 Å². The minimum absolute atomic E-state index is 0.0593. The maximum Gasteiger partial charge on any atom is 0.319 e. The van der Waals surface area contributed by atoms with Crippen molar-refractivity contribution in [1.82, 2.24) is 5.32 Å². The van der Waals surface area contributed by atoms with Crippen LogP contribution in [0.4, 0.5) is 10.5 Å². The molecule has 2 amide bonds. The number of anilines is 1. The average Bonchev–Trinajstić information content (AvgIpc) is 2.41. The SMILES string of the molecule is CS(=O)CCCNC(=O)Nc1cccc(CCC(=O)O)c1. The molecule has 0 saturated heterocycles. The number of aliphatic carboxylic acids is 1. The third-order valence-corrected chi connectivity index (χ3v) is 3.57. The van der Waals surface area contributed by atoms with Gasteiger partial charge < -0.3 is 15.7 Å². The van der Waals surface area contributed by atoms with Gasteiger partial charge in [-0.15, -0.1) is 0 Å². The van der Waals surface area contributed by atoms with Crippen LogP contribution in [0.2, 0.25) is 0 Å². The van der Waals surface area contributed by atoms with Gasteiger partial charge in [-0.05, 0) is 30.5 Å². The molecule has 3 N–H and O–H groups in total. The minimum Gasteiger partial charge on any atom is -0.481 e. The molecule has 21 heavy (non-hydrogen) atoms. The van der Waals surface area contributed by atoms with Crippen molar-refractivity contribution in [2.24, 2.45) is 0 Å². The van der Waals surface area contributed by atoms with E-state index < -0.39 is 16.8 Å². The quantitative estimate of drug-likeness (QED) is 0.635. The van der Waals surface area contributed by atoms with E-state index in [1.807, 2.05) is 6.07 Å². The number of carbonyl (C=O) groups is 2. The molecule has 7 heteroatoms. The van der Waals surface area contributed by atoms with Crippen molar-refractivity contribution >= 4 is 28.5 Å². The number of carboxylic acids is 1. The zero-order valence-corrected chi connectivity index (χ0v) is 12.7. The Labute approximate surface area is 126 Å². The number of benzene rings is 1. The largest absolute Gasteiger partial charge is 0.481 e. The number of aryl methyl sites for hydroxylation is 1. The first-order valence-corrected chi connectivity index (χ1v) is 8.35. The molecule has 0 heterocycles. The summed E-state index contributed by atoms with van der Waals surface area (Å²) in [6.45, 7) is 0.462. The van der Waals surface area contributed by atoms with Gasteiger partial charge in [0, 0.05) is 41.5 Å². The highest BCUT2D eigenvalue weighted by Crippen LogP contribution is 2.12. The Hall–Kier alpha value is -1.89. The number of amides is 2. The molecule has 0 aliphatic heterocycles. The van der Waals surface area contributed by atoms with Crippen LogP contribution in [-0.2, 0) is 22.0 Å². The minimum atomic E-state index is -0.848. The van der Waals surface area contributed by atoms with Gasteiger partial charge >= 0.3 is 12.0 Å². The van der Waals surface area contributed by atoms with Crippen LogP contribution in [-0.4, -0.2) is 39.9 Å². The number of rotatable bonds is 8. The molecular formula is C14H20N2O4S. The molecule has 0 saturated carbocycles. The van der Waals surface area contributed by atoms with Crippen LogP contribution in [0.3, 0.4) is 0 Å². The summed E-state index contributed by atoms with van der Waals surface area (Å²) in [4.78, 5) is 22.2. The smallest absolute Gasteiger partial charge is 0.319 e. The van der Waals surface area contributed by atoms with Gasteiger partial charge in [0.25, 0.3) is 0 Å². The van der Waals surface area contributed by atoms with Crippen molar-refractivity contribution in [2.45, 2.75) is 19.3 Å². The van der Waals surface area contributed by atoms with E-state index in [0.717, 1.165) is 5.56 Å². The second-order valence-corrected chi connectivity index (χ2v) is 6.16. The number of hydrogen-bond donors (Lipinski definition) is 3. The molecule has 116 valence electrons. The molecule has 0 radical (unpaired) electrons. The van der Waals surface area contributed by atoms with Gasteiger partial charge in [0.1, 0.15) is 0 Å². The maximum absolute atomic E-state index is 11.6. The molecule has 1 atom stereocenters. The number of carboxylic acid groups (broad SMARTS) is 1. The predicted molar refractivity (Wildman–Crippen MR) is 83.0 cm³/mol. The lowest BCUT2D eigenvalue weighted by Gasteiger charge is -2.08. The van der Waals surface area contributed by atoms with Gasteiger partial charge in [-0.1, -0.05) is 12.1 Å². The molecule has 0 spiro atoms. The number of carbonyl (C=O) groups excluding carboxylic acids is 1. The molecule has 0 bridgehead atoms. The lowest BCUT2D eigenvalue weighted by Crippen LogP contribution is -2.30. The van der Waals surface area contributed by atoms with Crippen LogP contribution < -0.4 is 10.6 Å². The van der Waals surface area contributed by atoms with Crippen LogP contribution in [0, 0.1) is 0 Å². The third kappa shape index (κ3) is 8.09. The lowest BCUT2D eigenvalue weighted by atomic mass is 10.1. The Bertz CT molecular complexity index is 519. The zero-order valence-electron chi connectivity index (χ0n) is 11.9. The summed E-state index contributed by atoms with van der Waals surface area (Å²) < 4.78 is 10.9. The van der Waals surface area contributed by atoms with Gasteiger partial charge in [0.05, 0.1) is 0 Å². The fraction of sp³-hybridized carbons (Fsp3) is 0.429. The van der Waals surface area contributed by atoms with Crippen LogP contribution in [0.25, 0.3) is 0 Å². The zero-order chi connectivity index (χ0) is 15.7.